The van der Waals surface area contributed by atoms with Crippen molar-refractivity contribution in [2.24, 2.45) is 11.7 Å². The Morgan fingerprint density at radius 3 is 1.48 bits per heavy atom. The van der Waals surface area contributed by atoms with Gasteiger partial charge in [-0.15, -0.1) is 0 Å². The Morgan fingerprint density at radius 1 is 0.577 bits per heavy atom. The van der Waals surface area contributed by atoms with Crippen molar-refractivity contribution in [3.05, 3.63) is 95.6 Å². The predicted molar refractivity (Wildman–Crippen MR) is 268 cm³/mol. The average molecular weight is 1030 g/mol. The topological polar surface area (TPSA) is 348 Å². The number of nitrogens with two attached hydrogens (primary N) is 1. The average Bonchev–Trinajstić information content (AvgIpc) is 3.34. The first kappa shape index (κ1) is 58.9. The minimum absolute atomic E-state index is 0.000492. The number of carbonyl (C=O) groups excluding carboxylic acids is 7. The van der Waals surface area contributed by atoms with E-state index in [1.807, 2.05) is 0 Å². The van der Waals surface area contributed by atoms with E-state index in [4.69, 9.17) is 5.73 Å². The molecule has 0 aliphatic rings. The van der Waals surface area contributed by atoms with Crippen molar-refractivity contribution in [3.8, 4) is 11.5 Å². The van der Waals surface area contributed by atoms with Crippen LogP contribution in [0.3, 0.4) is 0 Å². The number of amides is 7. The smallest absolute Gasteiger partial charge is 0.326 e. The maximum atomic E-state index is 14.4. The highest BCUT2D eigenvalue weighted by Gasteiger charge is 2.36. The number of phenolic OH excluding ortho intramolecular Hbond substituents is 2. The Kier molecular flexibility index (Phi) is 24.6. The van der Waals surface area contributed by atoms with Crippen LogP contribution in [-0.2, 0) is 57.6 Å². The number of carboxylic acids is 1. The summed E-state index contributed by atoms with van der Waals surface area (Å²) in [6.07, 6.45) is 0.442. The van der Waals surface area contributed by atoms with E-state index in [-0.39, 0.29) is 42.9 Å². The zero-order chi connectivity index (χ0) is 52.8. The molecule has 388 valence electrons. The molecule has 21 nitrogen and oxygen atoms in total. The van der Waals surface area contributed by atoms with Crippen LogP contribution in [0.1, 0.15) is 50.3 Å². The maximum Gasteiger partial charge on any atom is 0.326 e. The number of carbonyl (C=O) groups is 8. The standard InChI is InChI=1S/C48H66N8O13S2/c1-5-26(2)39(46(66)50-34(48(68)69)19-20-71-4)55-43(63)36(22-28-9-7-6-8-10-28)51-42(62)35(23-30-13-17-32(60)18-14-30)52-45(65)38(25-70)54-47(67)40(27(3)58)56-44(64)37(24-57)53-41(61)33(49)21-29-11-15-31(59)16-12-29/h6-18,26-27,33-40,57-60,70H,5,19-25,49H2,1-4H3,(H,50,66)(H,51,62)(H,52,65)(H,53,61)(H,54,67)(H,55,63)(H,56,64)(H,68,69)/t26-,27+,33-,34-,35-,36-,37-,38-,39-,40-/m0/s1. The molecule has 0 saturated carbocycles. The molecule has 3 rings (SSSR count). The highest BCUT2D eigenvalue weighted by molar-refractivity contribution is 7.98. The third kappa shape index (κ3) is 19.4. The van der Waals surface area contributed by atoms with E-state index < -0.39 is 114 Å². The van der Waals surface area contributed by atoms with Crippen LogP contribution in [0.15, 0.2) is 78.9 Å². The molecule has 7 amide bonds. The van der Waals surface area contributed by atoms with Gasteiger partial charge in [0.05, 0.1) is 18.8 Å². The minimum Gasteiger partial charge on any atom is -0.508 e. The molecule has 10 atom stereocenters. The van der Waals surface area contributed by atoms with Crippen LogP contribution in [0.4, 0.5) is 0 Å². The molecule has 0 bridgehead atoms. The number of hydrogen-bond donors (Lipinski definition) is 14. The first-order chi connectivity index (χ1) is 33.7. The molecule has 0 fully saturated rings. The molecule has 3 aromatic rings. The number of rotatable bonds is 29. The van der Waals surface area contributed by atoms with Gasteiger partial charge in [0.1, 0.15) is 53.8 Å². The number of benzene rings is 3. The van der Waals surface area contributed by atoms with E-state index in [0.717, 1.165) is 6.92 Å². The zero-order valence-corrected chi connectivity index (χ0v) is 41.6. The van der Waals surface area contributed by atoms with Crippen LogP contribution in [0.5, 0.6) is 11.5 Å². The molecular weight excluding hydrogens is 961 g/mol. The first-order valence-corrected chi connectivity index (χ1v) is 24.8. The van der Waals surface area contributed by atoms with Gasteiger partial charge in [-0.3, -0.25) is 33.6 Å². The first-order valence-electron chi connectivity index (χ1n) is 22.8. The minimum atomic E-state index is -1.76. The summed E-state index contributed by atoms with van der Waals surface area (Å²) in [4.78, 5) is 108. The van der Waals surface area contributed by atoms with Crippen molar-refractivity contribution in [2.75, 3.05) is 24.4 Å². The number of aromatic hydroxyl groups is 2. The number of hydrogen-bond acceptors (Lipinski definition) is 15. The van der Waals surface area contributed by atoms with Crippen molar-refractivity contribution in [1.29, 1.82) is 0 Å². The highest BCUT2D eigenvalue weighted by Crippen LogP contribution is 2.15. The largest absolute Gasteiger partial charge is 0.508 e. The summed E-state index contributed by atoms with van der Waals surface area (Å²) in [6, 6.07) is 8.84. The second-order valence-electron chi connectivity index (χ2n) is 16.9. The fourth-order valence-corrected chi connectivity index (χ4v) is 7.69. The predicted octanol–water partition coefficient (Wildman–Crippen LogP) is -0.967. The van der Waals surface area contributed by atoms with E-state index in [1.165, 1.54) is 48.2 Å². The Morgan fingerprint density at radius 2 is 1.00 bits per heavy atom. The number of aliphatic hydroxyl groups excluding tert-OH is 2. The molecule has 14 N–H and O–H groups in total. The molecule has 23 heteroatoms. The lowest BCUT2D eigenvalue weighted by molar-refractivity contribution is -0.142. The van der Waals surface area contributed by atoms with Gasteiger partial charge in [0.15, 0.2) is 0 Å². The summed E-state index contributed by atoms with van der Waals surface area (Å²) in [7, 11) is 0. The third-order valence-electron chi connectivity index (χ3n) is 11.4. The molecule has 0 aromatic heterocycles. The number of thioether (sulfide) groups is 1. The van der Waals surface area contributed by atoms with Gasteiger partial charge in [-0.25, -0.2) is 4.79 Å². The van der Waals surface area contributed by atoms with E-state index in [2.05, 4.69) is 49.8 Å². The quantitative estimate of drug-likeness (QED) is 0.0372. The van der Waals surface area contributed by atoms with Gasteiger partial charge in [0, 0.05) is 18.6 Å². The maximum absolute atomic E-state index is 14.4. The Bertz CT molecular complexity index is 2240. The second-order valence-corrected chi connectivity index (χ2v) is 18.3. The van der Waals surface area contributed by atoms with Gasteiger partial charge < -0.3 is 68.5 Å². The number of carboxylic acid groups (broad SMARTS) is 1. The Balaban J connectivity index is 1.85. The van der Waals surface area contributed by atoms with Crippen LogP contribution in [0.25, 0.3) is 0 Å². The summed E-state index contributed by atoms with van der Waals surface area (Å²) in [5.41, 5.74) is 7.67. The molecule has 0 heterocycles. The van der Waals surface area contributed by atoms with Crippen molar-refractivity contribution in [2.45, 2.75) is 107 Å². The molecule has 71 heavy (non-hydrogen) atoms. The molecule has 0 radical (unpaired) electrons. The van der Waals surface area contributed by atoms with Crippen LogP contribution in [0, 0.1) is 5.92 Å². The number of nitrogens with one attached hydrogen (secondary N) is 7. The number of aliphatic hydroxyl groups is 2. The lowest BCUT2D eigenvalue weighted by atomic mass is 9.96. The summed E-state index contributed by atoms with van der Waals surface area (Å²) < 4.78 is 0. The molecule has 0 unspecified atom stereocenters. The Labute approximate surface area is 421 Å². The number of aliphatic carboxylic acids is 1. The van der Waals surface area contributed by atoms with Crippen molar-refractivity contribution >= 4 is 71.7 Å². The molecule has 3 aromatic carbocycles. The van der Waals surface area contributed by atoms with E-state index >= 15 is 0 Å². The lowest BCUT2D eigenvalue weighted by Crippen LogP contribution is -2.62. The third-order valence-corrected chi connectivity index (χ3v) is 12.4. The second kappa shape index (κ2) is 29.7. The van der Waals surface area contributed by atoms with Crippen LogP contribution >= 0.6 is 24.4 Å². The number of phenols is 2. The van der Waals surface area contributed by atoms with E-state index in [1.54, 1.807) is 62.6 Å². The van der Waals surface area contributed by atoms with Gasteiger partial charge in [0.2, 0.25) is 41.4 Å². The molecule has 0 spiro atoms. The molecule has 0 aliphatic heterocycles. The summed E-state index contributed by atoms with van der Waals surface area (Å²) in [5.74, 6) is -8.12. The van der Waals surface area contributed by atoms with Crippen LogP contribution in [0.2, 0.25) is 0 Å². The zero-order valence-electron chi connectivity index (χ0n) is 39.9. The van der Waals surface area contributed by atoms with Crippen LogP contribution < -0.4 is 43.0 Å². The fourth-order valence-electron chi connectivity index (χ4n) is 6.96. The van der Waals surface area contributed by atoms with Gasteiger partial charge >= 0.3 is 5.97 Å². The van der Waals surface area contributed by atoms with Gasteiger partial charge in [-0.2, -0.15) is 24.4 Å². The fraction of sp³-hybridized carbons (Fsp3) is 0.458. The van der Waals surface area contributed by atoms with Crippen molar-refractivity contribution < 1.29 is 63.9 Å². The number of thiol groups is 1. The Hall–Kier alpha value is -6.40. The van der Waals surface area contributed by atoms with Crippen molar-refractivity contribution in [3.63, 3.8) is 0 Å². The van der Waals surface area contributed by atoms with Crippen molar-refractivity contribution in [1.82, 2.24) is 37.2 Å². The summed E-state index contributed by atoms with van der Waals surface area (Å²) in [5, 5.41) is 67.3. The van der Waals surface area contributed by atoms with E-state index in [0.29, 0.717) is 28.9 Å². The summed E-state index contributed by atoms with van der Waals surface area (Å²) in [6.45, 7) is 3.72. The molecule has 0 saturated heterocycles. The van der Waals surface area contributed by atoms with E-state index in [9.17, 15) is 63.9 Å². The lowest BCUT2D eigenvalue weighted by Gasteiger charge is -2.29. The van der Waals surface area contributed by atoms with Gasteiger partial charge in [0.25, 0.3) is 0 Å². The highest BCUT2D eigenvalue weighted by atomic mass is 32.2. The SMILES string of the molecule is CC[C@H](C)[C@H](NC(=O)[C@H](Cc1ccccc1)NC(=O)[C@H](Cc1ccc(O)cc1)NC(=O)[C@H](CS)NC(=O)[C@@H](NC(=O)[C@H](CO)NC(=O)[C@@H](N)Cc1ccc(O)cc1)[C@@H](C)O)C(=O)N[C@@H](CCSC)C(=O)O. The summed E-state index contributed by atoms with van der Waals surface area (Å²) >= 11 is 5.63. The normalized spacial score (nSPS) is 15.3. The van der Waals surface area contributed by atoms with Crippen LogP contribution in [-0.4, -0.2) is 152 Å². The molecular formula is C48H66N8O13S2. The monoisotopic (exact) mass is 1030 g/mol. The van der Waals surface area contributed by atoms with Gasteiger partial charge in [-0.05, 0) is 78.6 Å². The van der Waals surface area contributed by atoms with Gasteiger partial charge in [-0.1, -0.05) is 74.9 Å². The molecule has 0 aliphatic carbocycles.